The summed E-state index contributed by atoms with van der Waals surface area (Å²) in [5.74, 6) is -1.46. The Bertz CT molecular complexity index is 530. The van der Waals surface area contributed by atoms with E-state index in [0.717, 1.165) is 6.08 Å². The number of ketones is 1. The van der Waals surface area contributed by atoms with Crippen molar-refractivity contribution in [3.63, 3.8) is 0 Å². The van der Waals surface area contributed by atoms with Crippen LogP contribution < -0.4 is 5.32 Å². The number of carboxylic acid groups (broad SMARTS) is 1. The number of allylic oxidation sites excluding steroid dienone is 1. The fraction of sp³-hybridized carbons (Fsp3) is 0.286. The Kier molecular flexibility index (Phi) is 4.72. The molecule has 0 radical (unpaired) electrons. The highest BCUT2D eigenvalue weighted by atomic mass is 35.5. The van der Waals surface area contributed by atoms with E-state index in [1.807, 2.05) is 0 Å². The molecule has 0 aromatic heterocycles. The smallest absolute Gasteiger partial charge is 0.352 e. The van der Waals surface area contributed by atoms with Gasteiger partial charge < -0.3 is 10.4 Å². The van der Waals surface area contributed by atoms with Gasteiger partial charge in [0.1, 0.15) is 5.70 Å². The zero-order valence-corrected chi connectivity index (χ0v) is 11.8. The minimum Gasteiger partial charge on any atom is -0.477 e. The molecule has 1 aromatic carbocycles. The van der Waals surface area contributed by atoms with Crippen molar-refractivity contribution in [2.75, 3.05) is 5.32 Å². The minimum absolute atomic E-state index is 0.179. The van der Waals surface area contributed by atoms with Crippen molar-refractivity contribution in [1.82, 2.24) is 0 Å². The average molecular weight is 282 g/mol. The van der Waals surface area contributed by atoms with Gasteiger partial charge in [0.2, 0.25) is 0 Å². The number of nitrogens with one attached hydrogen (secondary N) is 1. The summed E-state index contributed by atoms with van der Waals surface area (Å²) in [5, 5.41) is 12.3. The quantitative estimate of drug-likeness (QED) is 0.831. The fourth-order valence-corrected chi connectivity index (χ4v) is 1.41. The number of carbonyl (C=O) groups is 2. The van der Waals surface area contributed by atoms with E-state index in [1.165, 1.54) is 0 Å². The second-order valence-electron chi connectivity index (χ2n) is 5.11. The van der Waals surface area contributed by atoms with Gasteiger partial charge in [0.25, 0.3) is 0 Å². The number of carbonyl (C=O) groups excluding carboxylic acids is 1. The largest absolute Gasteiger partial charge is 0.477 e. The van der Waals surface area contributed by atoms with Gasteiger partial charge in [0, 0.05) is 22.2 Å². The number of aliphatic carboxylic acids is 1. The van der Waals surface area contributed by atoms with Crippen LogP contribution in [0.4, 0.5) is 5.69 Å². The molecule has 0 fully saturated rings. The molecular formula is C14H16ClNO3. The van der Waals surface area contributed by atoms with Crippen LogP contribution >= 0.6 is 11.6 Å². The maximum absolute atomic E-state index is 11.8. The van der Waals surface area contributed by atoms with Gasteiger partial charge in [-0.25, -0.2) is 4.79 Å². The molecule has 1 rings (SSSR count). The van der Waals surface area contributed by atoms with Gasteiger partial charge in [-0.2, -0.15) is 0 Å². The first-order chi connectivity index (χ1) is 8.70. The zero-order valence-electron chi connectivity index (χ0n) is 11.0. The first-order valence-electron chi connectivity index (χ1n) is 5.72. The number of anilines is 1. The molecule has 0 aliphatic heterocycles. The third-order valence-corrected chi connectivity index (χ3v) is 2.58. The molecule has 0 saturated carbocycles. The van der Waals surface area contributed by atoms with Gasteiger partial charge in [0.15, 0.2) is 5.78 Å². The molecule has 0 saturated heterocycles. The Morgan fingerprint density at radius 1 is 1.32 bits per heavy atom. The van der Waals surface area contributed by atoms with E-state index in [9.17, 15) is 9.59 Å². The van der Waals surface area contributed by atoms with Crippen LogP contribution in [0.1, 0.15) is 20.8 Å². The third-order valence-electron chi connectivity index (χ3n) is 2.35. The van der Waals surface area contributed by atoms with E-state index >= 15 is 0 Å². The lowest BCUT2D eigenvalue weighted by molar-refractivity contribution is -0.133. The van der Waals surface area contributed by atoms with Crippen LogP contribution in [0.3, 0.4) is 0 Å². The number of hydrogen-bond acceptors (Lipinski definition) is 3. The molecule has 1 aromatic rings. The summed E-state index contributed by atoms with van der Waals surface area (Å²) >= 11 is 5.81. The van der Waals surface area contributed by atoms with Crippen LogP contribution in [0.25, 0.3) is 0 Å². The number of rotatable bonds is 4. The van der Waals surface area contributed by atoms with E-state index < -0.39 is 11.4 Å². The SMILES string of the molecule is CC(C)(C)C(=O)/C=C(\Nc1cccc(Cl)c1)C(=O)O. The van der Waals surface area contributed by atoms with Crippen molar-refractivity contribution in [2.45, 2.75) is 20.8 Å². The predicted molar refractivity (Wildman–Crippen MR) is 75.3 cm³/mol. The lowest BCUT2D eigenvalue weighted by Crippen LogP contribution is -2.21. The van der Waals surface area contributed by atoms with Gasteiger partial charge in [-0.15, -0.1) is 0 Å². The molecule has 0 aliphatic rings. The van der Waals surface area contributed by atoms with Crippen molar-refractivity contribution in [2.24, 2.45) is 5.41 Å². The summed E-state index contributed by atoms with van der Waals surface area (Å²) in [5.41, 5.74) is -0.290. The molecule has 0 amide bonds. The van der Waals surface area contributed by atoms with Crippen molar-refractivity contribution < 1.29 is 14.7 Å². The summed E-state index contributed by atoms with van der Waals surface area (Å²) in [4.78, 5) is 23.0. The molecule has 0 heterocycles. The van der Waals surface area contributed by atoms with Crippen molar-refractivity contribution in [3.05, 3.63) is 41.1 Å². The summed E-state index contributed by atoms with van der Waals surface area (Å²) in [6.07, 6.45) is 1.10. The lowest BCUT2D eigenvalue weighted by Gasteiger charge is -2.15. The topological polar surface area (TPSA) is 66.4 Å². The molecular weight excluding hydrogens is 266 g/mol. The molecule has 2 N–H and O–H groups in total. The van der Waals surface area contributed by atoms with Crippen LogP contribution in [0.2, 0.25) is 5.02 Å². The Labute approximate surface area is 117 Å². The molecule has 5 heteroatoms. The Hall–Kier alpha value is -1.81. The van der Waals surface area contributed by atoms with Crippen LogP contribution in [-0.2, 0) is 9.59 Å². The lowest BCUT2D eigenvalue weighted by atomic mass is 9.90. The average Bonchev–Trinajstić information content (AvgIpc) is 2.26. The second-order valence-corrected chi connectivity index (χ2v) is 5.55. The molecule has 19 heavy (non-hydrogen) atoms. The maximum atomic E-state index is 11.8. The number of carboxylic acids is 1. The first kappa shape index (κ1) is 15.2. The highest BCUT2D eigenvalue weighted by Gasteiger charge is 2.21. The van der Waals surface area contributed by atoms with Crippen LogP contribution in [0.15, 0.2) is 36.0 Å². The van der Waals surface area contributed by atoms with Crippen LogP contribution in [-0.4, -0.2) is 16.9 Å². The summed E-state index contributed by atoms with van der Waals surface area (Å²) < 4.78 is 0. The summed E-state index contributed by atoms with van der Waals surface area (Å²) in [6, 6.07) is 6.62. The fourth-order valence-electron chi connectivity index (χ4n) is 1.22. The van der Waals surface area contributed by atoms with Crippen LogP contribution in [0.5, 0.6) is 0 Å². The number of halogens is 1. The monoisotopic (exact) mass is 281 g/mol. The van der Waals surface area contributed by atoms with E-state index in [-0.39, 0.29) is 11.5 Å². The zero-order chi connectivity index (χ0) is 14.6. The van der Waals surface area contributed by atoms with Gasteiger partial charge in [0.05, 0.1) is 0 Å². The van der Waals surface area contributed by atoms with Gasteiger partial charge in [-0.1, -0.05) is 38.4 Å². The van der Waals surface area contributed by atoms with E-state index in [4.69, 9.17) is 16.7 Å². The van der Waals surface area contributed by atoms with Gasteiger partial charge in [-0.05, 0) is 18.2 Å². The predicted octanol–water partition coefficient (Wildman–Crippen LogP) is 3.34. The van der Waals surface area contributed by atoms with Gasteiger partial charge in [-0.3, -0.25) is 4.79 Å². The first-order valence-corrected chi connectivity index (χ1v) is 6.10. The van der Waals surface area contributed by atoms with Gasteiger partial charge >= 0.3 is 5.97 Å². The van der Waals surface area contributed by atoms with Crippen LogP contribution in [0, 0.1) is 5.41 Å². The molecule has 0 unspecified atom stereocenters. The highest BCUT2D eigenvalue weighted by Crippen LogP contribution is 2.19. The molecule has 0 aliphatic carbocycles. The molecule has 0 spiro atoms. The highest BCUT2D eigenvalue weighted by molar-refractivity contribution is 6.30. The Morgan fingerprint density at radius 2 is 1.95 bits per heavy atom. The van der Waals surface area contributed by atoms with E-state index in [0.29, 0.717) is 10.7 Å². The van der Waals surface area contributed by atoms with Crippen molar-refractivity contribution >= 4 is 29.0 Å². The standard InChI is InChI=1S/C14H16ClNO3/c1-14(2,3)12(17)8-11(13(18)19)16-10-6-4-5-9(15)7-10/h4-8,16H,1-3H3,(H,18,19)/b11-8-. The number of hydrogen-bond donors (Lipinski definition) is 2. The van der Waals surface area contributed by atoms with E-state index in [1.54, 1.807) is 45.0 Å². The number of benzene rings is 1. The van der Waals surface area contributed by atoms with Crippen molar-refractivity contribution in [3.8, 4) is 0 Å². The second kappa shape index (κ2) is 5.89. The Balaban J connectivity index is 3.00. The van der Waals surface area contributed by atoms with E-state index in [2.05, 4.69) is 5.32 Å². The minimum atomic E-state index is -1.20. The van der Waals surface area contributed by atoms with Crippen molar-refractivity contribution in [1.29, 1.82) is 0 Å². The third kappa shape index (κ3) is 4.75. The summed E-state index contributed by atoms with van der Waals surface area (Å²) in [6.45, 7) is 5.18. The normalized spacial score (nSPS) is 12.1. The molecule has 0 atom stereocenters. The molecule has 0 bridgehead atoms. The molecule has 4 nitrogen and oxygen atoms in total. The summed E-state index contributed by atoms with van der Waals surface area (Å²) in [7, 11) is 0. The molecule has 102 valence electrons. The Morgan fingerprint density at radius 3 is 2.42 bits per heavy atom. The maximum Gasteiger partial charge on any atom is 0.352 e.